The van der Waals surface area contributed by atoms with Crippen LogP contribution in [0.2, 0.25) is 0 Å². The van der Waals surface area contributed by atoms with Crippen LogP contribution in [0, 0.1) is 11.6 Å². The molecule has 2 aliphatic rings. The topological polar surface area (TPSA) is 59.0 Å². The number of aliphatic hydroxyl groups excluding tert-OH is 1. The molecule has 0 aromatic heterocycles. The molecule has 7 heteroatoms. The number of halogens is 2. The zero-order chi connectivity index (χ0) is 25.1. The third kappa shape index (κ3) is 5.74. The van der Waals surface area contributed by atoms with Crippen LogP contribution >= 0.6 is 0 Å². The van der Waals surface area contributed by atoms with Crippen LogP contribution in [0.3, 0.4) is 0 Å². The van der Waals surface area contributed by atoms with E-state index in [0.717, 1.165) is 16.7 Å². The fourth-order valence-corrected chi connectivity index (χ4v) is 4.93. The zero-order valence-corrected chi connectivity index (χ0v) is 19.9. The number of ketones is 1. The van der Waals surface area contributed by atoms with Gasteiger partial charge in [-0.3, -0.25) is 9.69 Å². The highest BCUT2D eigenvalue weighted by Gasteiger charge is 2.31. The standard InChI is InChI=1S/C29H29F2NO4/c30-22-8-12-26-20(14-22)6-10-24(35-26)16-29(34)32(17-19-4-2-1-3-5-19)18-25(33)28-11-7-21-15-23(31)9-13-27(21)36-28/h1-5,8-9,12-15,24,28-29,34H,6-7,10-11,16-18H2/t24-,28-,29?/m0/s1. The number of carbonyl (C=O) groups excluding carboxylic acids is 1. The number of ether oxygens (including phenoxy) is 2. The van der Waals surface area contributed by atoms with Crippen LogP contribution in [0.15, 0.2) is 66.7 Å². The number of rotatable bonds is 8. The van der Waals surface area contributed by atoms with Gasteiger partial charge in [-0.1, -0.05) is 30.3 Å². The smallest absolute Gasteiger partial charge is 0.187 e. The lowest BCUT2D eigenvalue weighted by Crippen LogP contribution is -2.45. The van der Waals surface area contributed by atoms with Crippen molar-refractivity contribution in [2.45, 2.75) is 57.1 Å². The van der Waals surface area contributed by atoms with E-state index in [1.807, 2.05) is 30.3 Å². The van der Waals surface area contributed by atoms with E-state index in [1.54, 1.807) is 17.0 Å². The number of hydrogen-bond acceptors (Lipinski definition) is 5. The Kier molecular flexibility index (Phi) is 7.30. The number of hydrogen-bond donors (Lipinski definition) is 1. The van der Waals surface area contributed by atoms with Gasteiger partial charge in [0.2, 0.25) is 0 Å². The molecule has 5 rings (SSSR count). The molecule has 0 radical (unpaired) electrons. The molecule has 0 saturated heterocycles. The summed E-state index contributed by atoms with van der Waals surface area (Å²) in [6.45, 7) is 0.391. The zero-order valence-electron chi connectivity index (χ0n) is 19.9. The third-order valence-electron chi connectivity index (χ3n) is 6.86. The highest BCUT2D eigenvalue weighted by atomic mass is 19.1. The van der Waals surface area contributed by atoms with Crippen molar-refractivity contribution in [2.75, 3.05) is 6.54 Å². The quantitative estimate of drug-likeness (QED) is 0.456. The van der Waals surface area contributed by atoms with Crippen LogP contribution in [0.4, 0.5) is 8.78 Å². The van der Waals surface area contributed by atoms with Crippen molar-refractivity contribution in [2.24, 2.45) is 0 Å². The van der Waals surface area contributed by atoms with Gasteiger partial charge in [-0.25, -0.2) is 8.78 Å². The number of aliphatic hydroxyl groups is 1. The number of aryl methyl sites for hydroxylation is 2. The predicted octanol–water partition coefficient (Wildman–Crippen LogP) is 4.83. The molecule has 36 heavy (non-hydrogen) atoms. The Labute approximate surface area is 209 Å². The van der Waals surface area contributed by atoms with Gasteiger partial charge in [0, 0.05) is 13.0 Å². The first-order chi connectivity index (χ1) is 17.4. The first kappa shape index (κ1) is 24.4. The maximum absolute atomic E-state index is 13.5. The van der Waals surface area contributed by atoms with E-state index in [2.05, 4.69) is 0 Å². The first-order valence-corrected chi connectivity index (χ1v) is 12.3. The molecule has 0 amide bonds. The third-order valence-corrected chi connectivity index (χ3v) is 6.86. The summed E-state index contributed by atoms with van der Waals surface area (Å²) in [5, 5.41) is 11.2. The minimum absolute atomic E-state index is 0.00573. The van der Waals surface area contributed by atoms with E-state index < -0.39 is 12.3 Å². The van der Waals surface area contributed by atoms with Crippen LogP contribution in [0.25, 0.3) is 0 Å². The Morgan fingerprint density at radius 3 is 2.25 bits per heavy atom. The Balaban J connectivity index is 1.27. The summed E-state index contributed by atoms with van der Waals surface area (Å²) in [6.07, 6.45) is 0.818. The van der Waals surface area contributed by atoms with Crippen molar-refractivity contribution in [3.63, 3.8) is 0 Å². The van der Waals surface area contributed by atoms with Crippen molar-refractivity contribution >= 4 is 5.78 Å². The maximum Gasteiger partial charge on any atom is 0.187 e. The van der Waals surface area contributed by atoms with Crippen molar-refractivity contribution in [1.29, 1.82) is 0 Å². The molecule has 0 spiro atoms. The summed E-state index contributed by atoms with van der Waals surface area (Å²) in [7, 11) is 0. The Morgan fingerprint density at radius 2 is 1.56 bits per heavy atom. The molecule has 0 bridgehead atoms. The van der Waals surface area contributed by atoms with Gasteiger partial charge in [0.15, 0.2) is 11.9 Å². The predicted molar refractivity (Wildman–Crippen MR) is 131 cm³/mol. The molecule has 3 aromatic rings. The fraction of sp³-hybridized carbons (Fsp3) is 0.345. The van der Waals surface area contributed by atoms with Gasteiger partial charge in [0.05, 0.1) is 6.54 Å². The van der Waals surface area contributed by atoms with Gasteiger partial charge in [0.25, 0.3) is 0 Å². The monoisotopic (exact) mass is 493 g/mol. The summed E-state index contributed by atoms with van der Waals surface area (Å²) < 4.78 is 39.0. The number of Topliss-reactive ketones (excluding diaryl/α,β-unsaturated/α-hetero) is 1. The molecule has 188 valence electrons. The lowest BCUT2D eigenvalue weighted by atomic mass is 9.98. The van der Waals surface area contributed by atoms with Crippen LogP contribution in [-0.4, -0.2) is 40.8 Å². The Morgan fingerprint density at radius 1 is 0.917 bits per heavy atom. The average molecular weight is 494 g/mol. The second-order valence-corrected chi connectivity index (χ2v) is 9.50. The van der Waals surface area contributed by atoms with Gasteiger partial charge in [-0.15, -0.1) is 0 Å². The molecule has 2 aliphatic heterocycles. The maximum atomic E-state index is 13.5. The van der Waals surface area contributed by atoms with E-state index in [1.165, 1.54) is 24.3 Å². The summed E-state index contributed by atoms with van der Waals surface area (Å²) in [5.74, 6) is 0.418. The van der Waals surface area contributed by atoms with Crippen LogP contribution in [0.5, 0.6) is 11.5 Å². The van der Waals surface area contributed by atoms with Crippen LogP contribution < -0.4 is 9.47 Å². The number of carbonyl (C=O) groups is 1. The highest BCUT2D eigenvalue weighted by molar-refractivity contribution is 5.85. The molecule has 0 fully saturated rings. The molecule has 0 saturated carbocycles. The van der Waals surface area contributed by atoms with Crippen molar-refractivity contribution < 1.29 is 28.2 Å². The summed E-state index contributed by atoms with van der Waals surface area (Å²) in [4.78, 5) is 15.0. The van der Waals surface area contributed by atoms with Crippen LogP contribution in [-0.2, 0) is 24.2 Å². The number of fused-ring (bicyclic) bond motifs is 2. The van der Waals surface area contributed by atoms with E-state index in [9.17, 15) is 18.7 Å². The van der Waals surface area contributed by atoms with Gasteiger partial charge in [-0.05, 0) is 78.8 Å². The van der Waals surface area contributed by atoms with Crippen molar-refractivity contribution in [3.05, 3.63) is 95.1 Å². The minimum Gasteiger partial charge on any atom is -0.490 e. The van der Waals surface area contributed by atoms with E-state index in [0.29, 0.717) is 50.1 Å². The molecule has 2 heterocycles. The average Bonchev–Trinajstić information content (AvgIpc) is 2.88. The molecule has 1 unspecified atom stereocenters. The first-order valence-electron chi connectivity index (χ1n) is 12.3. The van der Waals surface area contributed by atoms with Crippen molar-refractivity contribution in [1.82, 2.24) is 4.90 Å². The summed E-state index contributed by atoms with van der Waals surface area (Å²) in [6, 6.07) is 18.5. The molecular formula is C29H29F2NO4. The normalized spacial score (nSPS) is 19.6. The summed E-state index contributed by atoms with van der Waals surface area (Å²) >= 11 is 0. The van der Waals surface area contributed by atoms with Gasteiger partial charge in [0.1, 0.15) is 35.5 Å². The second-order valence-electron chi connectivity index (χ2n) is 9.50. The number of nitrogens with zero attached hydrogens (tertiary/aromatic N) is 1. The lowest BCUT2D eigenvalue weighted by Gasteiger charge is -2.33. The van der Waals surface area contributed by atoms with E-state index >= 15 is 0 Å². The number of benzene rings is 3. The van der Waals surface area contributed by atoms with Crippen LogP contribution in [0.1, 0.15) is 36.0 Å². The Bertz CT molecular complexity index is 1220. The molecule has 1 N–H and O–H groups in total. The van der Waals surface area contributed by atoms with Gasteiger partial charge in [-0.2, -0.15) is 0 Å². The SMILES string of the molecule is O=C(CN(Cc1ccccc1)C(O)C[C@@H]1CCc2cc(F)ccc2O1)[C@@H]1CCc2cc(F)ccc2O1. The summed E-state index contributed by atoms with van der Waals surface area (Å²) in [5.41, 5.74) is 2.56. The Hall–Kier alpha value is -3.29. The van der Waals surface area contributed by atoms with E-state index in [4.69, 9.17) is 9.47 Å². The second kappa shape index (κ2) is 10.8. The molecule has 5 nitrogen and oxygen atoms in total. The molecule has 3 aromatic carbocycles. The largest absolute Gasteiger partial charge is 0.490 e. The highest BCUT2D eigenvalue weighted by Crippen LogP contribution is 2.31. The van der Waals surface area contributed by atoms with Gasteiger partial charge < -0.3 is 14.6 Å². The fourth-order valence-electron chi connectivity index (χ4n) is 4.93. The molecule has 3 atom stereocenters. The lowest BCUT2D eigenvalue weighted by molar-refractivity contribution is -0.132. The van der Waals surface area contributed by atoms with Gasteiger partial charge >= 0.3 is 0 Å². The van der Waals surface area contributed by atoms with Crippen molar-refractivity contribution in [3.8, 4) is 11.5 Å². The molecular weight excluding hydrogens is 464 g/mol. The van der Waals surface area contributed by atoms with E-state index in [-0.39, 0.29) is 30.1 Å². The minimum atomic E-state index is -0.925. The molecule has 0 aliphatic carbocycles.